The Morgan fingerprint density at radius 1 is 1.16 bits per heavy atom. The van der Waals surface area contributed by atoms with Gasteiger partial charge in [0.1, 0.15) is 11.6 Å². The molecule has 0 aliphatic carbocycles. The molecule has 0 spiro atoms. The van der Waals surface area contributed by atoms with Crippen LogP contribution in [0.2, 0.25) is 0 Å². The van der Waals surface area contributed by atoms with Gasteiger partial charge < -0.3 is 10.1 Å². The molecule has 4 nitrogen and oxygen atoms in total. The van der Waals surface area contributed by atoms with E-state index in [9.17, 15) is 9.18 Å². The number of nitrogens with one attached hydrogen (secondary N) is 1. The molecule has 0 aliphatic rings. The zero-order valence-electron chi connectivity index (χ0n) is 14.3. The Hall–Kier alpha value is -2.95. The van der Waals surface area contributed by atoms with Gasteiger partial charge >= 0.3 is 0 Å². The van der Waals surface area contributed by atoms with E-state index < -0.39 is 0 Å². The summed E-state index contributed by atoms with van der Waals surface area (Å²) in [6.45, 7) is 3.67. The number of carbonyl (C=O) groups is 1. The van der Waals surface area contributed by atoms with Crippen molar-refractivity contribution in [3.63, 3.8) is 0 Å². The van der Waals surface area contributed by atoms with E-state index in [1.165, 1.54) is 12.1 Å². The highest BCUT2D eigenvalue weighted by atomic mass is 19.1. The van der Waals surface area contributed by atoms with Crippen molar-refractivity contribution in [2.75, 3.05) is 7.11 Å². The molecular formula is C20H19FN2O2. The zero-order chi connectivity index (χ0) is 18.0. The quantitative estimate of drug-likeness (QED) is 0.776. The Bertz CT molecular complexity index is 923. The number of fused-ring (bicyclic) bond motifs is 1. The molecule has 0 aliphatic heterocycles. The summed E-state index contributed by atoms with van der Waals surface area (Å²) in [5.74, 6) is 0.196. The van der Waals surface area contributed by atoms with Crippen molar-refractivity contribution in [2.45, 2.75) is 19.9 Å². The molecule has 3 aromatic rings. The van der Waals surface area contributed by atoms with Crippen molar-refractivity contribution in [3.8, 4) is 5.75 Å². The summed E-state index contributed by atoms with van der Waals surface area (Å²) in [6, 6.07) is 13.2. The standard InChI is InChI=1S/C20H19FN2O2/c1-12(14-4-6-16(21)7-5-14)23-20(24)18-11-15-10-17(25-3)8-9-19(15)22-13(18)2/h4-12H,1-3H3,(H,23,24)/t12-/m0/s1. The van der Waals surface area contributed by atoms with E-state index in [1.54, 1.807) is 26.2 Å². The summed E-state index contributed by atoms with van der Waals surface area (Å²) in [5, 5.41) is 3.77. The molecule has 1 amide bonds. The molecule has 0 fully saturated rings. The lowest BCUT2D eigenvalue weighted by atomic mass is 10.1. The van der Waals surface area contributed by atoms with Crippen molar-refractivity contribution in [1.82, 2.24) is 10.3 Å². The average Bonchev–Trinajstić information content (AvgIpc) is 2.61. The van der Waals surface area contributed by atoms with E-state index in [0.717, 1.165) is 16.5 Å². The highest BCUT2D eigenvalue weighted by molar-refractivity contribution is 5.99. The van der Waals surface area contributed by atoms with Crippen molar-refractivity contribution >= 4 is 16.8 Å². The summed E-state index contributed by atoms with van der Waals surface area (Å²) in [4.78, 5) is 17.2. The molecule has 3 rings (SSSR count). The second-order valence-corrected chi connectivity index (χ2v) is 5.93. The van der Waals surface area contributed by atoms with Gasteiger partial charge in [0.15, 0.2) is 0 Å². The van der Waals surface area contributed by atoms with Crippen molar-refractivity contribution in [2.24, 2.45) is 0 Å². The second kappa shape index (κ2) is 6.89. The van der Waals surface area contributed by atoms with Gasteiger partial charge in [0.2, 0.25) is 0 Å². The number of methoxy groups -OCH3 is 1. The van der Waals surface area contributed by atoms with Crippen LogP contribution in [0.15, 0.2) is 48.5 Å². The monoisotopic (exact) mass is 338 g/mol. The van der Waals surface area contributed by atoms with Crippen LogP contribution in [0.1, 0.15) is 34.6 Å². The number of hydrogen-bond donors (Lipinski definition) is 1. The van der Waals surface area contributed by atoms with Crippen molar-refractivity contribution < 1.29 is 13.9 Å². The van der Waals surface area contributed by atoms with Gasteiger partial charge in [0, 0.05) is 5.39 Å². The Morgan fingerprint density at radius 2 is 1.88 bits per heavy atom. The molecule has 1 aromatic heterocycles. The number of benzene rings is 2. The predicted octanol–water partition coefficient (Wildman–Crippen LogP) is 4.18. The second-order valence-electron chi connectivity index (χ2n) is 5.93. The first-order chi connectivity index (χ1) is 12.0. The SMILES string of the molecule is COc1ccc2nc(C)c(C(=O)N[C@@H](C)c3ccc(F)cc3)cc2c1. The smallest absolute Gasteiger partial charge is 0.253 e. The fourth-order valence-electron chi connectivity index (χ4n) is 2.72. The van der Waals surface area contributed by atoms with Crippen molar-refractivity contribution in [3.05, 3.63) is 71.2 Å². The van der Waals surface area contributed by atoms with Crippen LogP contribution in [-0.2, 0) is 0 Å². The van der Waals surface area contributed by atoms with Gasteiger partial charge in [-0.25, -0.2) is 4.39 Å². The molecule has 128 valence electrons. The van der Waals surface area contributed by atoms with Crippen LogP contribution in [0.5, 0.6) is 5.75 Å². The number of hydrogen-bond acceptors (Lipinski definition) is 3. The van der Waals surface area contributed by atoms with Crippen LogP contribution in [0.4, 0.5) is 4.39 Å². The average molecular weight is 338 g/mol. The number of pyridine rings is 1. The summed E-state index contributed by atoms with van der Waals surface area (Å²) >= 11 is 0. The fourth-order valence-corrected chi connectivity index (χ4v) is 2.72. The lowest BCUT2D eigenvalue weighted by molar-refractivity contribution is 0.0939. The Balaban J connectivity index is 1.88. The van der Waals surface area contributed by atoms with Crippen molar-refractivity contribution in [1.29, 1.82) is 0 Å². The number of rotatable bonds is 4. The van der Waals surface area contributed by atoms with E-state index in [1.807, 2.05) is 31.2 Å². The number of aromatic nitrogens is 1. The van der Waals surface area contributed by atoms with Gasteiger partial charge in [-0.3, -0.25) is 9.78 Å². The molecule has 0 saturated heterocycles. The maximum Gasteiger partial charge on any atom is 0.253 e. The maximum absolute atomic E-state index is 13.0. The lowest BCUT2D eigenvalue weighted by Gasteiger charge is -2.15. The first kappa shape index (κ1) is 16.9. The Labute approximate surface area is 145 Å². The normalized spacial score (nSPS) is 12.0. The minimum absolute atomic E-state index is 0.216. The van der Waals surface area contributed by atoms with Crippen LogP contribution in [-0.4, -0.2) is 18.0 Å². The number of ether oxygens (including phenoxy) is 1. The molecule has 1 heterocycles. The van der Waals surface area contributed by atoms with Gasteiger partial charge in [-0.1, -0.05) is 12.1 Å². The van der Waals surface area contributed by atoms with E-state index in [0.29, 0.717) is 17.0 Å². The number of halogens is 1. The van der Waals surface area contributed by atoms with E-state index in [2.05, 4.69) is 10.3 Å². The Morgan fingerprint density at radius 3 is 2.56 bits per heavy atom. The molecule has 1 N–H and O–H groups in total. The van der Waals surface area contributed by atoms with Crippen LogP contribution >= 0.6 is 0 Å². The molecule has 0 unspecified atom stereocenters. The minimum Gasteiger partial charge on any atom is -0.497 e. The van der Waals surface area contributed by atoms with Crippen LogP contribution in [0.25, 0.3) is 10.9 Å². The number of aryl methyl sites for hydroxylation is 1. The predicted molar refractivity (Wildman–Crippen MR) is 95.3 cm³/mol. The molecule has 25 heavy (non-hydrogen) atoms. The van der Waals surface area contributed by atoms with E-state index >= 15 is 0 Å². The van der Waals surface area contributed by atoms with Crippen LogP contribution in [0.3, 0.4) is 0 Å². The number of amides is 1. The summed E-state index contributed by atoms with van der Waals surface area (Å²) < 4.78 is 18.3. The summed E-state index contributed by atoms with van der Waals surface area (Å²) in [5.41, 5.74) is 2.81. The molecule has 1 atom stereocenters. The number of carbonyl (C=O) groups excluding carboxylic acids is 1. The van der Waals surface area contributed by atoms with E-state index in [4.69, 9.17) is 4.74 Å². The Kier molecular flexibility index (Phi) is 4.65. The first-order valence-electron chi connectivity index (χ1n) is 7.99. The van der Waals surface area contributed by atoms with Gasteiger partial charge in [0.05, 0.1) is 29.9 Å². The van der Waals surface area contributed by atoms with Crippen LogP contribution in [0, 0.1) is 12.7 Å². The molecule has 0 saturated carbocycles. The van der Waals surface area contributed by atoms with Gasteiger partial charge in [-0.05, 0) is 55.8 Å². The fraction of sp³-hybridized carbons (Fsp3) is 0.200. The minimum atomic E-state index is -0.300. The molecule has 2 aromatic carbocycles. The highest BCUT2D eigenvalue weighted by Crippen LogP contribution is 2.22. The highest BCUT2D eigenvalue weighted by Gasteiger charge is 2.15. The lowest BCUT2D eigenvalue weighted by Crippen LogP contribution is -2.27. The van der Waals surface area contributed by atoms with Gasteiger partial charge in [-0.15, -0.1) is 0 Å². The molecule has 5 heteroatoms. The third-order valence-corrected chi connectivity index (χ3v) is 4.17. The van der Waals surface area contributed by atoms with Crippen LogP contribution < -0.4 is 10.1 Å². The van der Waals surface area contributed by atoms with Gasteiger partial charge in [-0.2, -0.15) is 0 Å². The molecular weight excluding hydrogens is 319 g/mol. The van der Waals surface area contributed by atoms with E-state index in [-0.39, 0.29) is 17.8 Å². The molecule has 0 bridgehead atoms. The first-order valence-corrected chi connectivity index (χ1v) is 7.99. The third kappa shape index (κ3) is 3.60. The maximum atomic E-state index is 13.0. The topological polar surface area (TPSA) is 51.2 Å². The van der Waals surface area contributed by atoms with Gasteiger partial charge in [0.25, 0.3) is 5.91 Å². The largest absolute Gasteiger partial charge is 0.497 e. The molecule has 0 radical (unpaired) electrons. The summed E-state index contributed by atoms with van der Waals surface area (Å²) in [7, 11) is 1.60. The number of nitrogens with zero attached hydrogens (tertiary/aromatic N) is 1. The zero-order valence-corrected chi connectivity index (χ0v) is 14.3. The summed E-state index contributed by atoms with van der Waals surface area (Å²) in [6.07, 6.45) is 0. The third-order valence-electron chi connectivity index (χ3n) is 4.17.